The number of primary amides is 1. The summed E-state index contributed by atoms with van der Waals surface area (Å²) in [6, 6.07) is 0.456. The molecular formula is C11H22N2O2. The second kappa shape index (κ2) is 5.47. The summed E-state index contributed by atoms with van der Waals surface area (Å²) in [5.74, 6) is -0.328. The SMILES string of the molecule is CCCCOCC(C)(NC1CC1)C(N)=O. The van der Waals surface area contributed by atoms with Gasteiger partial charge in [0.05, 0.1) is 6.61 Å². The fourth-order valence-corrected chi connectivity index (χ4v) is 1.38. The molecule has 1 unspecified atom stereocenters. The zero-order valence-corrected chi connectivity index (χ0v) is 9.71. The summed E-state index contributed by atoms with van der Waals surface area (Å²) < 4.78 is 5.47. The summed E-state index contributed by atoms with van der Waals surface area (Å²) in [5.41, 5.74) is 4.68. The van der Waals surface area contributed by atoms with Gasteiger partial charge in [-0.3, -0.25) is 10.1 Å². The number of carbonyl (C=O) groups excluding carboxylic acids is 1. The van der Waals surface area contributed by atoms with E-state index in [4.69, 9.17) is 10.5 Å². The zero-order chi connectivity index (χ0) is 11.3. The summed E-state index contributed by atoms with van der Waals surface area (Å²) in [6.45, 7) is 5.00. The van der Waals surface area contributed by atoms with Crippen LogP contribution in [0.15, 0.2) is 0 Å². The molecule has 3 N–H and O–H groups in total. The van der Waals surface area contributed by atoms with Crippen LogP contribution in [0.4, 0.5) is 0 Å². The summed E-state index contributed by atoms with van der Waals surface area (Å²) in [5, 5.41) is 3.24. The van der Waals surface area contributed by atoms with Crippen molar-refractivity contribution in [3.63, 3.8) is 0 Å². The Balaban J connectivity index is 2.31. The van der Waals surface area contributed by atoms with Crippen LogP contribution in [-0.2, 0) is 9.53 Å². The number of nitrogens with one attached hydrogen (secondary N) is 1. The number of ether oxygens (including phenoxy) is 1. The average Bonchev–Trinajstić information content (AvgIpc) is 2.96. The first-order valence-electron chi connectivity index (χ1n) is 5.74. The molecule has 1 aliphatic rings. The van der Waals surface area contributed by atoms with Crippen LogP contribution >= 0.6 is 0 Å². The lowest BCUT2D eigenvalue weighted by Crippen LogP contribution is -2.57. The second-order valence-corrected chi connectivity index (χ2v) is 4.52. The molecule has 15 heavy (non-hydrogen) atoms. The third kappa shape index (κ3) is 4.18. The number of carbonyl (C=O) groups is 1. The van der Waals surface area contributed by atoms with E-state index < -0.39 is 5.54 Å². The summed E-state index contributed by atoms with van der Waals surface area (Å²) in [4.78, 5) is 11.3. The maximum Gasteiger partial charge on any atom is 0.239 e. The number of amides is 1. The summed E-state index contributed by atoms with van der Waals surface area (Å²) in [7, 11) is 0. The van der Waals surface area contributed by atoms with Crippen molar-refractivity contribution in [2.75, 3.05) is 13.2 Å². The molecule has 1 fully saturated rings. The number of nitrogens with two attached hydrogens (primary N) is 1. The Kier molecular flexibility index (Phi) is 4.54. The van der Waals surface area contributed by atoms with Crippen molar-refractivity contribution in [2.45, 2.75) is 51.1 Å². The lowest BCUT2D eigenvalue weighted by atomic mass is 10.0. The van der Waals surface area contributed by atoms with E-state index in [-0.39, 0.29) is 5.91 Å². The van der Waals surface area contributed by atoms with Crippen LogP contribution in [0, 0.1) is 0 Å². The highest BCUT2D eigenvalue weighted by molar-refractivity contribution is 5.84. The van der Waals surface area contributed by atoms with E-state index in [1.165, 1.54) is 0 Å². The number of hydrogen-bond donors (Lipinski definition) is 2. The largest absolute Gasteiger partial charge is 0.379 e. The van der Waals surface area contributed by atoms with Gasteiger partial charge < -0.3 is 10.5 Å². The highest BCUT2D eigenvalue weighted by atomic mass is 16.5. The van der Waals surface area contributed by atoms with E-state index in [9.17, 15) is 4.79 Å². The minimum Gasteiger partial charge on any atom is -0.379 e. The molecule has 0 aromatic heterocycles. The first-order chi connectivity index (χ1) is 7.08. The number of unbranched alkanes of at least 4 members (excludes halogenated alkanes) is 1. The molecule has 1 saturated carbocycles. The van der Waals surface area contributed by atoms with E-state index in [0.717, 1.165) is 25.7 Å². The molecule has 0 bridgehead atoms. The Hall–Kier alpha value is -0.610. The predicted molar refractivity (Wildman–Crippen MR) is 59.5 cm³/mol. The van der Waals surface area contributed by atoms with Gasteiger partial charge in [0.15, 0.2) is 0 Å². The van der Waals surface area contributed by atoms with Crippen LogP contribution < -0.4 is 11.1 Å². The minimum atomic E-state index is -0.699. The molecule has 4 nitrogen and oxygen atoms in total. The van der Waals surface area contributed by atoms with Gasteiger partial charge in [-0.25, -0.2) is 0 Å². The van der Waals surface area contributed by atoms with Gasteiger partial charge in [0.1, 0.15) is 5.54 Å². The molecule has 0 saturated heterocycles. The van der Waals surface area contributed by atoms with E-state index in [2.05, 4.69) is 12.2 Å². The monoisotopic (exact) mass is 214 g/mol. The van der Waals surface area contributed by atoms with Crippen molar-refractivity contribution < 1.29 is 9.53 Å². The van der Waals surface area contributed by atoms with Crippen molar-refractivity contribution in [2.24, 2.45) is 5.73 Å². The number of rotatable bonds is 8. The molecule has 1 amide bonds. The Bertz CT molecular complexity index is 217. The van der Waals surface area contributed by atoms with Gasteiger partial charge in [0.25, 0.3) is 0 Å². The highest BCUT2D eigenvalue weighted by Crippen LogP contribution is 2.22. The Morgan fingerprint density at radius 2 is 2.27 bits per heavy atom. The van der Waals surface area contributed by atoms with Crippen molar-refractivity contribution in [3.05, 3.63) is 0 Å². The van der Waals surface area contributed by atoms with Crippen LogP contribution in [0.5, 0.6) is 0 Å². The molecule has 0 spiro atoms. The maximum absolute atomic E-state index is 11.3. The third-order valence-corrected chi connectivity index (χ3v) is 2.68. The number of hydrogen-bond acceptors (Lipinski definition) is 3. The average molecular weight is 214 g/mol. The van der Waals surface area contributed by atoms with Crippen LogP contribution in [0.1, 0.15) is 39.5 Å². The summed E-state index contributed by atoms with van der Waals surface area (Å²) >= 11 is 0. The van der Waals surface area contributed by atoms with Crippen molar-refractivity contribution in [1.29, 1.82) is 0 Å². The van der Waals surface area contributed by atoms with Gasteiger partial charge in [-0.05, 0) is 26.2 Å². The Morgan fingerprint density at radius 1 is 1.60 bits per heavy atom. The van der Waals surface area contributed by atoms with Crippen molar-refractivity contribution in [1.82, 2.24) is 5.32 Å². The summed E-state index contributed by atoms with van der Waals surface area (Å²) in [6.07, 6.45) is 4.40. The zero-order valence-electron chi connectivity index (χ0n) is 9.71. The predicted octanol–water partition coefficient (Wildman–Crippen LogP) is 0.799. The van der Waals surface area contributed by atoms with Gasteiger partial charge in [-0.1, -0.05) is 13.3 Å². The normalized spacial score (nSPS) is 19.9. The first kappa shape index (κ1) is 12.5. The van der Waals surface area contributed by atoms with Crippen molar-refractivity contribution in [3.8, 4) is 0 Å². The molecule has 1 rings (SSSR count). The quantitative estimate of drug-likeness (QED) is 0.587. The van der Waals surface area contributed by atoms with Gasteiger partial charge >= 0.3 is 0 Å². The fourth-order valence-electron chi connectivity index (χ4n) is 1.38. The minimum absolute atomic E-state index is 0.328. The molecule has 88 valence electrons. The van der Waals surface area contributed by atoms with E-state index in [1.807, 2.05) is 6.92 Å². The van der Waals surface area contributed by atoms with Crippen LogP contribution in [0.2, 0.25) is 0 Å². The van der Waals surface area contributed by atoms with Crippen molar-refractivity contribution >= 4 is 5.91 Å². The molecule has 1 atom stereocenters. The third-order valence-electron chi connectivity index (χ3n) is 2.68. The fraction of sp³-hybridized carbons (Fsp3) is 0.909. The molecule has 1 aliphatic carbocycles. The van der Waals surface area contributed by atoms with Crippen LogP contribution in [0.25, 0.3) is 0 Å². The van der Waals surface area contributed by atoms with Gasteiger partial charge in [0, 0.05) is 12.6 Å². The smallest absolute Gasteiger partial charge is 0.239 e. The Labute approximate surface area is 91.5 Å². The van der Waals surface area contributed by atoms with Crippen LogP contribution in [0.3, 0.4) is 0 Å². The van der Waals surface area contributed by atoms with E-state index in [1.54, 1.807) is 0 Å². The van der Waals surface area contributed by atoms with Gasteiger partial charge in [-0.15, -0.1) is 0 Å². The molecule has 0 radical (unpaired) electrons. The standard InChI is InChI=1S/C11H22N2O2/c1-3-4-7-15-8-11(2,10(12)14)13-9-5-6-9/h9,13H,3-8H2,1-2H3,(H2,12,14). The molecular weight excluding hydrogens is 192 g/mol. The first-order valence-corrected chi connectivity index (χ1v) is 5.74. The van der Waals surface area contributed by atoms with Crippen LogP contribution in [-0.4, -0.2) is 30.7 Å². The Morgan fingerprint density at radius 3 is 2.73 bits per heavy atom. The topological polar surface area (TPSA) is 64.3 Å². The second-order valence-electron chi connectivity index (χ2n) is 4.52. The van der Waals surface area contributed by atoms with Gasteiger partial charge in [-0.2, -0.15) is 0 Å². The highest BCUT2D eigenvalue weighted by Gasteiger charge is 2.37. The molecule has 0 aliphatic heterocycles. The van der Waals surface area contributed by atoms with E-state index >= 15 is 0 Å². The lowest BCUT2D eigenvalue weighted by molar-refractivity contribution is -0.126. The lowest BCUT2D eigenvalue weighted by Gasteiger charge is -2.27. The maximum atomic E-state index is 11.3. The van der Waals surface area contributed by atoms with Gasteiger partial charge in [0.2, 0.25) is 5.91 Å². The molecule has 4 heteroatoms. The van der Waals surface area contributed by atoms with E-state index in [0.29, 0.717) is 19.3 Å². The molecule has 0 aromatic rings. The molecule has 0 aromatic carbocycles. The molecule has 0 heterocycles.